The van der Waals surface area contributed by atoms with Gasteiger partial charge in [-0.05, 0) is 29.9 Å². The van der Waals surface area contributed by atoms with Crippen LogP contribution >= 0.6 is 0 Å². The lowest BCUT2D eigenvalue weighted by atomic mass is 9.82. The average Bonchev–Trinajstić information content (AvgIpc) is 2.14. The van der Waals surface area contributed by atoms with Crippen molar-refractivity contribution in [2.75, 3.05) is 11.9 Å². The summed E-state index contributed by atoms with van der Waals surface area (Å²) in [6.07, 6.45) is 3.72. The van der Waals surface area contributed by atoms with Gasteiger partial charge in [-0.1, -0.05) is 27.7 Å². The van der Waals surface area contributed by atoms with Crippen molar-refractivity contribution in [1.82, 2.24) is 4.98 Å². The Morgan fingerprint density at radius 3 is 2.60 bits per heavy atom. The van der Waals surface area contributed by atoms with Crippen LogP contribution in [-0.4, -0.2) is 11.5 Å². The predicted octanol–water partition coefficient (Wildman–Crippen LogP) is 3.48. The van der Waals surface area contributed by atoms with E-state index in [-0.39, 0.29) is 0 Å². The maximum absolute atomic E-state index is 4.08. The van der Waals surface area contributed by atoms with E-state index in [0.717, 1.165) is 6.54 Å². The molecule has 1 N–H and O–H groups in total. The maximum Gasteiger partial charge on any atom is 0.0400 e. The van der Waals surface area contributed by atoms with Crippen molar-refractivity contribution >= 4 is 5.69 Å². The van der Waals surface area contributed by atoms with Gasteiger partial charge in [-0.2, -0.15) is 0 Å². The predicted molar refractivity (Wildman–Crippen MR) is 66.1 cm³/mol. The summed E-state index contributed by atoms with van der Waals surface area (Å²) in [4.78, 5) is 4.08. The van der Waals surface area contributed by atoms with Gasteiger partial charge in [0.1, 0.15) is 0 Å². The molecule has 0 aliphatic carbocycles. The zero-order chi connectivity index (χ0) is 11.5. The van der Waals surface area contributed by atoms with E-state index < -0.39 is 0 Å². The SMILES string of the molecule is Cc1cnccc1NCC(C)C(C)(C)C. The monoisotopic (exact) mass is 206 g/mol. The number of nitrogens with one attached hydrogen (secondary N) is 1. The number of aromatic nitrogens is 1. The minimum absolute atomic E-state index is 0.355. The molecule has 0 saturated heterocycles. The van der Waals surface area contributed by atoms with Gasteiger partial charge in [-0.25, -0.2) is 0 Å². The molecule has 0 aliphatic rings. The molecule has 0 bridgehead atoms. The van der Waals surface area contributed by atoms with Crippen molar-refractivity contribution in [2.45, 2.75) is 34.6 Å². The number of pyridine rings is 1. The quantitative estimate of drug-likeness (QED) is 0.819. The fraction of sp³-hybridized carbons (Fsp3) is 0.615. The van der Waals surface area contributed by atoms with E-state index in [1.165, 1.54) is 11.3 Å². The normalized spacial score (nSPS) is 13.7. The highest BCUT2D eigenvalue weighted by Gasteiger charge is 2.19. The molecule has 0 fully saturated rings. The maximum atomic E-state index is 4.08. The summed E-state index contributed by atoms with van der Waals surface area (Å²) < 4.78 is 0. The van der Waals surface area contributed by atoms with Crippen molar-refractivity contribution in [3.63, 3.8) is 0 Å². The first-order valence-corrected chi connectivity index (χ1v) is 5.55. The molecule has 2 heteroatoms. The molecular formula is C13H22N2. The highest BCUT2D eigenvalue weighted by atomic mass is 14.9. The smallest absolute Gasteiger partial charge is 0.0400 e. The van der Waals surface area contributed by atoms with Crippen LogP contribution in [0.25, 0.3) is 0 Å². The van der Waals surface area contributed by atoms with Gasteiger partial charge in [0.25, 0.3) is 0 Å². The first kappa shape index (κ1) is 12.0. The second kappa shape index (κ2) is 4.65. The second-order valence-corrected chi connectivity index (χ2v) is 5.34. The molecule has 1 unspecified atom stereocenters. The molecule has 0 radical (unpaired) electrons. The summed E-state index contributed by atoms with van der Waals surface area (Å²) in [5.41, 5.74) is 2.76. The summed E-state index contributed by atoms with van der Waals surface area (Å²) in [7, 11) is 0. The van der Waals surface area contributed by atoms with Crippen LogP contribution in [-0.2, 0) is 0 Å². The summed E-state index contributed by atoms with van der Waals surface area (Å²) in [6, 6.07) is 2.03. The van der Waals surface area contributed by atoms with Crippen LogP contribution in [0.1, 0.15) is 33.3 Å². The second-order valence-electron chi connectivity index (χ2n) is 5.34. The molecular weight excluding hydrogens is 184 g/mol. The summed E-state index contributed by atoms with van der Waals surface area (Å²) in [5, 5.41) is 3.48. The highest BCUT2D eigenvalue weighted by Crippen LogP contribution is 2.25. The fourth-order valence-corrected chi connectivity index (χ4v) is 1.24. The van der Waals surface area contributed by atoms with E-state index >= 15 is 0 Å². The van der Waals surface area contributed by atoms with Gasteiger partial charge in [0.2, 0.25) is 0 Å². The van der Waals surface area contributed by atoms with Gasteiger partial charge in [0.05, 0.1) is 0 Å². The Kier molecular flexibility index (Phi) is 3.72. The van der Waals surface area contributed by atoms with Crippen molar-refractivity contribution in [3.8, 4) is 0 Å². The molecule has 0 saturated carbocycles. The molecule has 1 heterocycles. The van der Waals surface area contributed by atoms with Gasteiger partial charge in [0.15, 0.2) is 0 Å². The zero-order valence-corrected chi connectivity index (χ0v) is 10.5. The van der Waals surface area contributed by atoms with Crippen molar-refractivity contribution in [3.05, 3.63) is 24.0 Å². The average molecular weight is 206 g/mol. The molecule has 1 rings (SSSR count). The van der Waals surface area contributed by atoms with Gasteiger partial charge in [0, 0.05) is 24.6 Å². The molecule has 0 amide bonds. The minimum atomic E-state index is 0.355. The molecule has 0 aromatic carbocycles. The lowest BCUT2D eigenvalue weighted by Gasteiger charge is -2.28. The Morgan fingerprint density at radius 1 is 1.40 bits per heavy atom. The number of nitrogens with zero attached hydrogens (tertiary/aromatic N) is 1. The Hall–Kier alpha value is -1.05. The van der Waals surface area contributed by atoms with Crippen LogP contribution < -0.4 is 5.32 Å². The number of aryl methyl sites for hydroxylation is 1. The van der Waals surface area contributed by atoms with Crippen molar-refractivity contribution < 1.29 is 0 Å². The molecule has 1 aromatic rings. The highest BCUT2D eigenvalue weighted by molar-refractivity contribution is 5.48. The summed E-state index contributed by atoms with van der Waals surface area (Å²) in [5.74, 6) is 0.644. The number of hydrogen-bond donors (Lipinski definition) is 1. The largest absolute Gasteiger partial charge is 0.384 e. The van der Waals surface area contributed by atoms with Crippen LogP contribution in [0.2, 0.25) is 0 Å². The molecule has 15 heavy (non-hydrogen) atoms. The van der Waals surface area contributed by atoms with E-state index in [1.54, 1.807) is 0 Å². The van der Waals surface area contributed by atoms with Crippen LogP contribution in [0.4, 0.5) is 5.69 Å². The third kappa shape index (κ3) is 3.54. The Labute approximate surface area is 93.1 Å². The standard InChI is InChI=1S/C13H22N2/c1-10-8-14-7-6-12(10)15-9-11(2)13(3,4)5/h6-8,11H,9H2,1-5H3,(H,14,15). The first-order valence-electron chi connectivity index (χ1n) is 5.55. The van der Waals surface area contributed by atoms with Gasteiger partial charge in [-0.15, -0.1) is 0 Å². The lowest BCUT2D eigenvalue weighted by Crippen LogP contribution is -2.25. The summed E-state index contributed by atoms with van der Waals surface area (Å²) >= 11 is 0. The zero-order valence-electron chi connectivity index (χ0n) is 10.5. The first-order chi connectivity index (χ1) is 6.91. The molecule has 84 valence electrons. The van der Waals surface area contributed by atoms with E-state index in [0.29, 0.717) is 11.3 Å². The lowest BCUT2D eigenvalue weighted by molar-refractivity contribution is 0.274. The Morgan fingerprint density at radius 2 is 2.07 bits per heavy atom. The molecule has 0 spiro atoms. The van der Waals surface area contributed by atoms with Gasteiger partial charge >= 0.3 is 0 Å². The van der Waals surface area contributed by atoms with E-state index in [4.69, 9.17) is 0 Å². The molecule has 1 atom stereocenters. The minimum Gasteiger partial charge on any atom is -0.384 e. The third-order valence-corrected chi connectivity index (χ3v) is 3.10. The molecule has 2 nitrogen and oxygen atoms in total. The number of rotatable bonds is 3. The molecule has 1 aromatic heterocycles. The van der Waals surface area contributed by atoms with E-state index in [1.807, 2.05) is 18.5 Å². The van der Waals surface area contributed by atoms with E-state index in [9.17, 15) is 0 Å². The fourth-order valence-electron chi connectivity index (χ4n) is 1.24. The summed E-state index contributed by atoms with van der Waals surface area (Å²) in [6.45, 7) is 12.2. The number of hydrogen-bond acceptors (Lipinski definition) is 2. The van der Waals surface area contributed by atoms with Gasteiger partial charge in [-0.3, -0.25) is 4.98 Å². The van der Waals surface area contributed by atoms with Crippen molar-refractivity contribution in [2.24, 2.45) is 11.3 Å². The van der Waals surface area contributed by atoms with E-state index in [2.05, 4.69) is 44.9 Å². The molecule has 0 aliphatic heterocycles. The van der Waals surface area contributed by atoms with Crippen LogP contribution in [0.5, 0.6) is 0 Å². The van der Waals surface area contributed by atoms with Crippen molar-refractivity contribution in [1.29, 1.82) is 0 Å². The van der Waals surface area contributed by atoms with Crippen LogP contribution in [0, 0.1) is 18.3 Å². The van der Waals surface area contributed by atoms with Crippen LogP contribution in [0.3, 0.4) is 0 Å². The topological polar surface area (TPSA) is 24.9 Å². The van der Waals surface area contributed by atoms with Crippen LogP contribution in [0.15, 0.2) is 18.5 Å². The number of anilines is 1. The Balaban J connectivity index is 2.55. The van der Waals surface area contributed by atoms with Gasteiger partial charge < -0.3 is 5.32 Å². The Bertz CT molecular complexity index is 313. The third-order valence-electron chi connectivity index (χ3n) is 3.10.